The molecule has 0 saturated carbocycles. The van der Waals surface area contributed by atoms with Gasteiger partial charge < -0.3 is 5.32 Å². The van der Waals surface area contributed by atoms with Crippen molar-refractivity contribution in [3.63, 3.8) is 0 Å². The van der Waals surface area contributed by atoms with Gasteiger partial charge in [-0.1, -0.05) is 12.1 Å². The van der Waals surface area contributed by atoms with Crippen LogP contribution in [0.25, 0.3) is 11.0 Å². The maximum Gasteiger partial charge on any atom is 0.0890 e. The van der Waals surface area contributed by atoms with Crippen LogP contribution in [0.1, 0.15) is 24.2 Å². The van der Waals surface area contributed by atoms with Gasteiger partial charge in [0.1, 0.15) is 0 Å². The standard InChI is InChI=1S/C15H17N5/c1-3-20-10-11(8-18-20)15(16-2)14-9-17-12-6-4-5-7-13(12)19-14/h4-10,15-16H,3H2,1-2H3. The van der Waals surface area contributed by atoms with Gasteiger partial charge in [0.2, 0.25) is 0 Å². The number of nitrogens with one attached hydrogen (secondary N) is 1. The third-order valence-electron chi connectivity index (χ3n) is 3.36. The van der Waals surface area contributed by atoms with Gasteiger partial charge in [-0.3, -0.25) is 9.67 Å². The number of aryl methyl sites for hydroxylation is 1. The molecule has 3 rings (SSSR count). The van der Waals surface area contributed by atoms with E-state index in [0.717, 1.165) is 28.8 Å². The fourth-order valence-corrected chi connectivity index (χ4v) is 2.30. The minimum Gasteiger partial charge on any atom is -0.308 e. The van der Waals surface area contributed by atoms with E-state index in [-0.39, 0.29) is 6.04 Å². The predicted molar refractivity (Wildman–Crippen MR) is 78.3 cm³/mol. The first-order valence-electron chi connectivity index (χ1n) is 6.73. The molecule has 5 heteroatoms. The first kappa shape index (κ1) is 12.7. The molecular formula is C15H17N5. The number of aromatic nitrogens is 4. The molecule has 1 N–H and O–H groups in total. The molecule has 0 fully saturated rings. The van der Waals surface area contributed by atoms with Crippen molar-refractivity contribution < 1.29 is 0 Å². The summed E-state index contributed by atoms with van der Waals surface area (Å²) in [7, 11) is 1.92. The molecule has 0 amide bonds. The van der Waals surface area contributed by atoms with Crippen molar-refractivity contribution in [1.29, 1.82) is 0 Å². The number of rotatable bonds is 4. The van der Waals surface area contributed by atoms with Crippen LogP contribution in [0.5, 0.6) is 0 Å². The Kier molecular flexibility index (Phi) is 3.43. The fraction of sp³-hybridized carbons (Fsp3) is 0.267. The number of fused-ring (bicyclic) bond motifs is 1. The Labute approximate surface area is 117 Å². The van der Waals surface area contributed by atoms with Crippen molar-refractivity contribution >= 4 is 11.0 Å². The lowest BCUT2D eigenvalue weighted by Gasteiger charge is -2.14. The Morgan fingerprint density at radius 1 is 1.20 bits per heavy atom. The summed E-state index contributed by atoms with van der Waals surface area (Å²) in [5.74, 6) is 0. The summed E-state index contributed by atoms with van der Waals surface area (Å²) in [6, 6.07) is 7.90. The van der Waals surface area contributed by atoms with Crippen LogP contribution >= 0.6 is 0 Å². The molecule has 20 heavy (non-hydrogen) atoms. The van der Waals surface area contributed by atoms with E-state index in [9.17, 15) is 0 Å². The van der Waals surface area contributed by atoms with E-state index in [2.05, 4.69) is 22.3 Å². The highest BCUT2D eigenvalue weighted by atomic mass is 15.3. The summed E-state index contributed by atoms with van der Waals surface area (Å²) in [5, 5.41) is 7.60. The molecule has 2 aromatic heterocycles. The van der Waals surface area contributed by atoms with Crippen LogP contribution in [0, 0.1) is 0 Å². The second kappa shape index (κ2) is 5.38. The van der Waals surface area contributed by atoms with Crippen LogP contribution in [-0.2, 0) is 6.54 Å². The van der Waals surface area contributed by atoms with Crippen LogP contribution in [0.3, 0.4) is 0 Å². The molecule has 0 radical (unpaired) electrons. The van der Waals surface area contributed by atoms with Gasteiger partial charge >= 0.3 is 0 Å². The van der Waals surface area contributed by atoms with Gasteiger partial charge in [-0.25, -0.2) is 4.98 Å². The van der Waals surface area contributed by atoms with Crippen LogP contribution in [-0.4, -0.2) is 26.8 Å². The average molecular weight is 267 g/mol. The molecule has 5 nitrogen and oxygen atoms in total. The topological polar surface area (TPSA) is 55.6 Å². The summed E-state index contributed by atoms with van der Waals surface area (Å²) in [6.07, 6.45) is 5.74. The van der Waals surface area contributed by atoms with E-state index in [4.69, 9.17) is 4.98 Å². The van der Waals surface area contributed by atoms with E-state index in [1.807, 2.05) is 54.6 Å². The van der Waals surface area contributed by atoms with E-state index in [0.29, 0.717) is 0 Å². The van der Waals surface area contributed by atoms with Crippen molar-refractivity contribution in [3.8, 4) is 0 Å². The Morgan fingerprint density at radius 3 is 2.70 bits per heavy atom. The highest BCUT2D eigenvalue weighted by Gasteiger charge is 2.16. The van der Waals surface area contributed by atoms with Crippen LogP contribution in [0.4, 0.5) is 0 Å². The molecule has 0 aliphatic heterocycles. The summed E-state index contributed by atoms with van der Waals surface area (Å²) >= 11 is 0. The first-order chi connectivity index (χ1) is 9.81. The van der Waals surface area contributed by atoms with Crippen molar-refractivity contribution in [3.05, 3.63) is 54.1 Å². The predicted octanol–water partition coefficient (Wildman–Crippen LogP) is 2.15. The lowest BCUT2D eigenvalue weighted by molar-refractivity contribution is 0.649. The summed E-state index contributed by atoms with van der Waals surface area (Å²) < 4.78 is 1.91. The molecule has 0 spiro atoms. The SMILES string of the molecule is CCn1cc(C(NC)c2cnc3ccccc3n2)cn1. The lowest BCUT2D eigenvalue weighted by atomic mass is 10.1. The molecule has 3 aromatic rings. The monoisotopic (exact) mass is 267 g/mol. The second-order valence-corrected chi connectivity index (χ2v) is 4.63. The van der Waals surface area contributed by atoms with Crippen molar-refractivity contribution in [1.82, 2.24) is 25.1 Å². The minimum absolute atomic E-state index is 0.00686. The quantitative estimate of drug-likeness (QED) is 0.787. The molecule has 1 aromatic carbocycles. The number of hydrogen-bond donors (Lipinski definition) is 1. The van der Waals surface area contributed by atoms with Crippen LogP contribution < -0.4 is 5.32 Å². The maximum atomic E-state index is 4.70. The van der Waals surface area contributed by atoms with Crippen molar-refractivity contribution in [2.24, 2.45) is 0 Å². The Balaban J connectivity index is 2.02. The molecule has 102 valence electrons. The third kappa shape index (κ3) is 2.28. The van der Waals surface area contributed by atoms with Gasteiger partial charge in [0.05, 0.1) is 35.2 Å². The third-order valence-corrected chi connectivity index (χ3v) is 3.36. The average Bonchev–Trinajstić information content (AvgIpc) is 2.97. The van der Waals surface area contributed by atoms with Crippen LogP contribution in [0.2, 0.25) is 0 Å². The molecule has 0 aliphatic rings. The zero-order valence-electron chi connectivity index (χ0n) is 11.6. The van der Waals surface area contributed by atoms with E-state index in [1.54, 1.807) is 0 Å². The van der Waals surface area contributed by atoms with Crippen LogP contribution in [0.15, 0.2) is 42.9 Å². The van der Waals surface area contributed by atoms with Gasteiger partial charge in [-0.15, -0.1) is 0 Å². The molecule has 2 heterocycles. The van der Waals surface area contributed by atoms with E-state index in [1.165, 1.54) is 0 Å². The molecule has 0 aliphatic carbocycles. The number of benzene rings is 1. The number of hydrogen-bond acceptors (Lipinski definition) is 4. The summed E-state index contributed by atoms with van der Waals surface area (Å²) in [5.41, 5.74) is 3.82. The van der Waals surface area contributed by atoms with Gasteiger partial charge in [0.25, 0.3) is 0 Å². The Bertz CT molecular complexity index is 719. The Morgan fingerprint density at radius 2 is 2.00 bits per heavy atom. The number of nitrogens with zero attached hydrogens (tertiary/aromatic N) is 4. The van der Waals surface area contributed by atoms with E-state index >= 15 is 0 Å². The lowest BCUT2D eigenvalue weighted by Crippen LogP contribution is -2.18. The molecule has 0 bridgehead atoms. The summed E-state index contributed by atoms with van der Waals surface area (Å²) in [4.78, 5) is 9.17. The Hall–Kier alpha value is -2.27. The van der Waals surface area contributed by atoms with Crippen molar-refractivity contribution in [2.45, 2.75) is 19.5 Å². The zero-order chi connectivity index (χ0) is 13.9. The van der Waals surface area contributed by atoms with Gasteiger partial charge in [0.15, 0.2) is 0 Å². The van der Waals surface area contributed by atoms with Crippen molar-refractivity contribution in [2.75, 3.05) is 7.05 Å². The normalized spacial score (nSPS) is 12.7. The fourth-order valence-electron chi connectivity index (χ4n) is 2.30. The molecule has 1 atom stereocenters. The molecular weight excluding hydrogens is 250 g/mol. The summed E-state index contributed by atoms with van der Waals surface area (Å²) in [6.45, 7) is 2.93. The maximum absolute atomic E-state index is 4.70. The van der Waals surface area contributed by atoms with Gasteiger partial charge in [-0.2, -0.15) is 5.10 Å². The van der Waals surface area contributed by atoms with E-state index < -0.39 is 0 Å². The first-order valence-corrected chi connectivity index (χ1v) is 6.73. The molecule has 0 saturated heterocycles. The van der Waals surface area contributed by atoms with Gasteiger partial charge in [0, 0.05) is 18.3 Å². The smallest absolute Gasteiger partial charge is 0.0890 e. The zero-order valence-corrected chi connectivity index (χ0v) is 11.6. The molecule has 1 unspecified atom stereocenters. The largest absolute Gasteiger partial charge is 0.308 e. The van der Waals surface area contributed by atoms with Gasteiger partial charge in [-0.05, 0) is 26.1 Å². The number of para-hydroxylation sites is 2. The highest BCUT2D eigenvalue weighted by molar-refractivity contribution is 5.73. The minimum atomic E-state index is 0.00686. The second-order valence-electron chi connectivity index (χ2n) is 4.63. The highest BCUT2D eigenvalue weighted by Crippen LogP contribution is 2.20.